The summed E-state index contributed by atoms with van der Waals surface area (Å²) in [7, 11) is -3.39. The minimum Gasteiger partial charge on any atom is -0.375 e. The summed E-state index contributed by atoms with van der Waals surface area (Å²) in [5, 5.41) is 4.32. The molecule has 0 aliphatic carbocycles. The molecule has 216 valence electrons. The Morgan fingerprint density at radius 1 is 0.975 bits per heavy atom. The van der Waals surface area contributed by atoms with E-state index >= 15 is 0 Å². The number of piperidine rings is 1. The molecular weight excluding hydrogens is 593 g/mol. The summed E-state index contributed by atoms with van der Waals surface area (Å²) in [5.74, 6) is 0.141. The standard InChI is InChI=1S/C29H33Cl2N3O4S.ClH/c1-39(36,37)33-27-10-6-5-9-24(27)23-13-15-34(16-14-23)29(35)28(32-18-21-7-3-2-4-8-21)20-38-19-22-11-12-25(30)26(31)17-22;/h2-12,17,23,28,32-33H,13-16,18-20H2,1H3;1H/t28-;/m0./s1. The van der Waals surface area contributed by atoms with Crippen LogP contribution in [-0.4, -0.2) is 51.2 Å². The third kappa shape index (κ3) is 9.36. The van der Waals surface area contributed by atoms with E-state index in [9.17, 15) is 13.2 Å². The lowest BCUT2D eigenvalue weighted by Gasteiger charge is -2.35. The second-order valence-corrected chi connectivity index (χ2v) is 12.3. The zero-order valence-corrected chi connectivity index (χ0v) is 25.3. The number of nitrogens with one attached hydrogen (secondary N) is 2. The van der Waals surface area contributed by atoms with Crippen LogP contribution in [0.15, 0.2) is 72.8 Å². The highest BCUT2D eigenvalue weighted by Gasteiger charge is 2.30. The van der Waals surface area contributed by atoms with Gasteiger partial charge in [-0.2, -0.15) is 0 Å². The molecule has 11 heteroatoms. The minimum atomic E-state index is -3.39. The normalized spacial score (nSPS) is 14.8. The number of nitrogens with zero attached hydrogens (tertiary/aromatic N) is 1. The van der Waals surface area contributed by atoms with E-state index in [1.165, 1.54) is 0 Å². The van der Waals surface area contributed by atoms with Gasteiger partial charge in [0.25, 0.3) is 0 Å². The first-order chi connectivity index (χ1) is 18.7. The first-order valence-electron chi connectivity index (χ1n) is 12.8. The second-order valence-electron chi connectivity index (χ2n) is 9.74. The summed E-state index contributed by atoms with van der Waals surface area (Å²) >= 11 is 12.1. The summed E-state index contributed by atoms with van der Waals surface area (Å²) in [4.78, 5) is 15.5. The highest BCUT2D eigenvalue weighted by Crippen LogP contribution is 2.33. The molecule has 2 N–H and O–H groups in total. The van der Waals surface area contributed by atoms with Crippen LogP contribution in [0.5, 0.6) is 0 Å². The lowest BCUT2D eigenvalue weighted by molar-refractivity contribution is -0.136. The second kappa shape index (κ2) is 15.1. The Kier molecular flexibility index (Phi) is 12.1. The van der Waals surface area contributed by atoms with Crippen molar-refractivity contribution in [2.24, 2.45) is 0 Å². The van der Waals surface area contributed by atoms with Gasteiger partial charge in [0.05, 0.1) is 35.2 Å². The molecule has 0 unspecified atom stereocenters. The van der Waals surface area contributed by atoms with Crippen molar-refractivity contribution in [3.63, 3.8) is 0 Å². The third-order valence-corrected chi connectivity index (χ3v) is 8.06. The Morgan fingerprint density at radius 3 is 2.33 bits per heavy atom. The number of carbonyl (C=O) groups excluding carboxylic acids is 1. The Balaban J connectivity index is 0.00000441. The number of ether oxygens (including phenoxy) is 1. The van der Waals surface area contributed by atoms with Gasteiger partial charge in [-0.25, -0.2) is 8.42 Å². The van der Waals surface area contributed by atoms with E-state index < -0.39 is 16.1 Å². The molecule has 7 nitrogen and oxygen atoms in total. The molecule has 0 radical (unpaired) electrons. The monoisotopic (exact) mass is 625 g/mol. The molecule has 3 aromatic carbocycles. The summed E-state index contributed by atoms with van der Waals surface area (Å²) in [6, 6.07) is 22.2. The van der Waals surface area contributed by atoms with Crippen LogP contribution in [0, 0.1) is 0 Å². The highest BCUT2D eigenvalue weighted by atomic mass is 35.5. The lowest BCUT2D eigenvalue weighted by Crippen LogP contribution is -2.50. The molecule has 3 aromatic rings. The quantitative estimate of drug-likeness (QED) is 0.278. The SMILES string of the molecule is CS(=O)(=O)Nc1ccccc1C1CCN(C(=O)[C@H](COCc2ccc(Cl)c(Cl)c2)NCc2ccccc2)CC1.Cl. The van der Waals surface area contributed by atoms with Crippen LogP contribution in [0.2, 0.25) is 10.0 Å². The van der Waals surface area contributed by atoms with Crippen LogP contribution in [0.1, 0.15) is 35.4 Å². The number of benzene rings is 3. The molecule has 0 spiro atoms. The highest BCUT2D eigenvalue weighted by molar-refractivity contribution is 7.92. The Bertz CT molecular complexity index is 1370. The number of hydrogen-bond donors (Lipinski definition) is 2. The number of anilines is 1. The topological polar surface area (TPSA) is 87.7 Å². The largest absolute Gasteiger partial charge is 0.375 e. The fourth-order valence-corrected chi connectivity index (χ4v) is 5.66. The van der Waals surface area contributed by atoms with E-state index in [4.69, 9.17) is 27.9 Å². The van der Waals surface area contributed by atoms with Crippen molar-refractivity contribution in [1.82, 2.24) is 10.2 Å². The van der Waals surface area contributed by atoms with Crippen LogP contribution in [0.25, 0.3) is 0 Å². The summed E-state index contributed by atoms with van der Waals surface area (Å²) in [6.45, 7) is 2.20. The Morgan fingerprint density at radius 2 is 1.65 bits per heavy atom. The van der Waals surface area contributed by atoms with Crippen molar-refractivity contribution >= 4 is 57.2 Å². The minimum absolute atomic E-state index is 0. The number of para-hydroxylation sites is 1. The molecule has 1 amide bonds. The first kappa shape index (κ1) is 32.2. The van der Waals surface area contributed by atoms with Crippen LogP contribution < -0.4 is 10.0 Å². The van der Waals surface area contributed by atoms with Crippen molar-refractivity contribution in [1.29, 1.82) is 0 Å². The van der Waals surface area contributed by atoms with Gasteiger partial charge >= 0.3 is 0 Å². The molecule has 1 fully saturated rings. The lowest BCUT2D eigenvalue weighted by atomic mass is 9.88. The van der Waals surface area contributed by atoms with E-state index in [0.29, 0.717) is 42.0 Å². The van der Waals surface area contributed by atoms with Gasteiger partial charge in [0, 0.05) is 19.6 Å². The van der Waals surface area contributed by atoms with Crippen LogP contribution in [0.4, 0.5) is 5.69 Å². The van der Waals surface area contributed by atoms with Gasteiger partial charge in [-0.05, 0) is 53.6 Å². The van der Waals surface area contributed by atoms with Crippen LogP contribution in [0.3, 0.4) is 0 Å². The average Bonchev–Trinajstić information content (AvgIpc) is 2.92. The number of hydrogen-bond acceptors (Lipinski definition) is 5. The average molecular weight is 627 g/mol. The van der Waals surface area contributed by atoms with Crippen molar-refractivity contribution < 1.29 is 17.9 Å². The van der Waals surface area contributed by atoms with E-state index in [2.05, 4.69) is 10.0 Å². The van der Waals surface area contributed by atoms with E-state index in [1.807, 2.05) is 59.5 Å². The summed E-state index contributed by atoms with van der Waals surface area (Å²) in [5.41, 5.74) is 3.51. The van der Waals surface area contributed by atoms with Crippen LogP contribution in [-0.2, 0) is 32.7 Å². The zero-order chi connectivity index (χ0) is 27.8. The predicted molar refractivity (Wildman–Crippen MR) is 164 cm³/mol. The van der Waals surface area contributed by atoms with Crippen molar-refractivity contribution in [3.8, 4) is 0 Å². The molecule has 1 atom stereocenters. The number of halogens is 3. The smallest absolute Gasteiger partial charge is 0.242 e. The zero-order valence-electron chi connectivity index (χ0n) is 22.2. The summed E-state index contributed by atoms with van der Waals surface area (Å²) in [6.07, 6.45) is 2.63. The Labute approximate surface area is 252 Å². The third-order valence-electron chi connectivity index (χ3n) is 6.73. The molecule has 1 heterocycles. The predicted octanol–water partition coefficient (Wildman–Crippen LogP) is 5.87. The molecule has 1 saturated heterocycles. The van der Waals surface area contributed by atoms with Crippen LogP contribution >= 0.6 is 35.6 Å². The number of carbonyl (C=O) groups is 1. The maximum atomic E-state index is 13.6. The van der Waals surface area contributed by atoms with Gasteiger partial charge in [-0.3, -0.25) is 14.8 Å². The number of amides is 1. The van der Waals surface area contributed by atoms with Gasteiger partial charge in [0.1, 0.15) is 6.04 Å². The van der Waals surface area contributed by atoms with Crippen molar-refractivity contribution in [2.75, 3.05) is 30.7 Å². The molecule has 0 aromatic heterocycles. The molecule has 1 aliphatic heterocycles. The molecule has 1 aliphatic rings. The van der Waals surface area contributed by atoms with Gasteiger partial charge < -0.3 is 9.64 Å². The van der Waals surface area contributed by atoms with E-state index in [0.717, 1.165) is 35.8 Å². The maximum Gasteiger partial charge on any atom is 0.242 e. The first-order valence-corrected chi connectivity index (χ1v) is 15.5. The number of rotatable bonds is 11. The van der Waals surface area contributed by atoms with Crippen molar-refractivity contribution in [2.45, 2.75) is 38.0 Å². The number of sulfonamides is 1. The van der Waals surface area contributed by atoms with Gasteiger partial charge in [-0.1, -0.05) is 77.8 Å². The molecule has 0 bridgehead atoms. The molecule has 0 saturated carbocycles. The number of likely N-dealkylation sites (tertiary alicyclic amines) is 1. The van der Waals surface area contributed by atoms with Gasteiger partial charge in [-0.15, -0.1) is 12.4 Å². The fourth-order valence-electron chi connectivity index (χ4n) is 4.76. The fraction of sp³-hybridized carbons (Fsp3) is 0.345. The van der Waals surface area contributed by atoms with Gasteiger partial charge in [0.15, 0.2) is 0 Å². The van der Waals surface area contributed by atoms with E-state index in [1.54, 1.807) is 18.2 Å². The Hall–Kier alpha value is -2.33. The maximum absolute atomic E-state index is 13.6. The molecular formula is C29H34Cl3N3O4S. The van der Waals surface area contributed by atoms with Crippen molar-refractivity contribution in [3.05, 3.63) is 99.5 Å². The summed E-state index contributed by atoms with van der Waals surface area (Å²) < 4.78 is 32.2. The van der Waals surface area contributed by atoms with Gasteiger partial charge in [0.2, 0.25) is 15.9 Å². The molecule has 40 heavy (non-hydrogen) atoms. The molecule has 4 rings (SSSR count). The van der Waals surface area contributed by atoms with E-state index in [-0.39, 0.29) is 30.8 Å².